The number of carbonyl (C=O) groups excluding carboxylic acids is 1. The Kier molecular flexibility index (Phi) is 5.65. The molecule has 0 radical (unpaired) electrons. The summed E-state index contributed by atoms with van der Waals surface area (Å²) in [6.45, 7) is 1.48. The monoisotopic (exact) mass is 327 g/mol. The Bertz CT molecular complexity index is 634. The summed E-state index contributed by atoms with van der Waals surface area (Å²) < 4.78 is 29.0. The summed E-state index contributed by atoms with van der Waals surface area (Å²) in [5, 5.41) is 6.14. The third kappa shape index (κ3) is 5.28. The lowest BCUT2D eigenvalue weighted by Gasteiger charge is -2.08. The fraction of sp³-hybridized carbons (Fsp3) is 0.286. The maximum Gasteiger partial charge on any atom is 0.320 e. The summed E-state index contributed by atoms with van der Waals surface area (Å²) in [6.07, 6.45) is -1.11. The van der Waals surface area contributed by atoms with Crippen molar-refractivity contribution in [2.24, 2.45) is 0 Å². The van der Waals surface area contributed by atoms with Gasteiger partial charge in [-0.1, -0.05) is 0 Å². The number of aromatic nitrogens is 1. The number of nitrogens with zero attached hydrogens (tertiary/aromatic N) is 1. The smallest absolute Gasteiger partial charge is 0.320 e. The maximum absolute atomic E-state index is 12.1. The molecule has 2 rings (SSSR count). The average Bonchev–Trinajstić information content (AvgIpc) is 2.88. The third-order valence-electron chi connectivity index (χ3n) is 2.59. The highest BCUT2D eigenvalue weighted by Gasteiger charge is 2.06. The largest absolute Gasteiger partial charge is 0.472 e. The maximum atomic E-state index is 12.1. The second-order valence-corrected chi connectivity index (χ2v) is 5.71. The van der Waals surface area contributed by atoms with E-state index in [9.17, 15) is 13.6 Å². The standard InChI is InChI=1S/C14H15F2N3O2S/c1-9-2-3-13(22-9)19-14(20)18-7-10-4-5-17-12(6-10)21-8-11(15)16/h2-6,11H,7-8H2,1H3,(H2,18,19,20). The summed E-state index contributed by atoms with van der Waals surface area (Å²) in [4.78, 5) is 16.7. The van der Waals surface area contributed by atoms with Crippen molar-refractivity contribution in [3.8, 4) is 5.88 Å². The van der Waals surface area contributed by atoms with E-state index in [-0.39, 0.29) is 18.5 Å². The Hall–Kier alpha value is -2.22. The van der Waals surface area contributed by atoms with Gasteiger partial charge >= 0.3 is 6.03 Å². The number of pyridine rings is 1. The molecule has 8 heteroatoms. The van der Waals surface area contributed by atoms with Crippen LogP contribution in [0.2, 0.25) is 0 Å². The minimum atomic E-state index is -2.55. The van der Waals surface area contributed by atoms with Crippen molar-refractivity contribution >= 4 is 22.4 Å². The van der Waals surface area contributed by atoms with E-state index in [2.05, 4.69) is 15.6 Å². The second-order valence-electron chi connectivity index (χ2n) is 4.42. The van der Waals surface area contributed by atoms with Gasteiger partial charge in [-0.2, -0.15) is 0 Å². The topological polar surface area (TPSA) is 63.2 Å². The number of hydrogen-bond donors (Lipinski definition) is 2. The predicted octanol–water partition coefficient (Wildman–Crippen LogP) is 3.42. The van der Waals surface area contributed by atoms with Crippen LogP contribution < -0.4 is 15.4 Å². The van der Waals surface area contributed by atoms with Gasteiger partial charge in [-0.05, 0) is 30.7 Å². The van der Waals surface area contributed by atoms with Crippen molar-refractivity contribution in [1.29, 1.82) is 0 Å². The molecule has 0 aliphatic rings. The van der Waals surface area contributed by atoms with Crippen molar-refractivity contribution in [2.45, 2.75) is 19.9 Å². The first kappa shape index (κ1) is 16.2. The molecule has 2 heterocycles. The van der Waals surface area contributed by atoms with E-state index in [1.165, 1.54) is 23.6 Å². The van der Waals surface area contributed by atoms with Gasteiger partial charge < -0.3 is 10.1 Å². The summed E-state index contributed by atoms with van der Waals surface area (Å²) in [5.74, 6) is 0.105. The Balaban J connectivity index is 1.83. The van der Waals surface area contributed by atoms with Crippen LogP contribution >= 0.6 is 11.3 Å². The number of hydrogen-bond acceptors (Lipinski definition) is 4. The molecule has 0 aromatic carbocycles. The number of nitrogens with one attached hydrogen (secondary N) is 2. The molecule has 118 valence electrons. The molecule has 0 unspecified atom stereocenters. The molecule has 5 nitrogen and oxygen atoms in total. The molecule has 0 fully saturated rings. The van der Waals surface area contributed by atoms with Crippen LogP contribution in [-0.4, -0.2) is 24.0 Å². The predicted molar refractivity (Wildman–Crippen MR) is 80.7 cm³/mol. The van der Waals surface area contributed by atoms with Crippen molar-refractivity contribution in [3.05, 3.63) is 40.9 Å². The highest BCUT2D eigenvalue weighted by molar-refractivity contribution is 7.16. The van der Waals surface area contributed by atoms with E-state index in [1.54, 1.807) is 6.07 Å². The van der Waals surface area contributed by atoms with Gasteiger partial charge in [-0.15, -0.1) is 11.3 Å². The molecule has 0 saturated carbocycles. The Labute approximate surface area is 130 Å². The van der Waals surface area contributed by atoms with Gasteiger partial charge in [-0.3, -0.25) is 5.32 Å². The first-order valence-electron chi connectivity index (χ1n) is 6.50. The van der Waals surface area contributed by atoms with Crippen molar-refractivity contribution < 1.29 is 18.3 Å². The fourth-order valence-electron chi connectivity index (χ4n) is 1.63. The molecule has 0 aliphatic carbocycles. The average molecular weight is 327 g/mol. The number of anilines is 1. The molecule has 0 saturated heterocycles. The molecular formula is C14H15F2N3O2S. The van der Waals surface area contributed by atoms with E-state index in [1.807, 2.05) is 19.1 Å². The fourth-order valence-corrected chi connectivity index (χ4v) is 2.39. The van der Waals surface area contributed by atoms with E-state index in [0.29, 0.717) is 5.56 Å². The van der Waals surface area contributed by atoms with E-state index >= 15 is 0 Å². The number of thiophene rings is 1. The quantitative estimate of drug-likeness (QED) is 0.854. The lowest BCUT2D eigenvalue weighted by molar-refractivity contribution is 0.0795. The second kappa shape index (κ2) is 7.69. The number of urea groups is 1. The number of halogens is 2. The van der Waals surface area contributed by atoms with Crippen LogP contribution in [0.25, 0.3) is 0 Å². The molecule has 2 aromatic rings. The zero-order valence-electron chi connectivity index (χ0n) is 11.8. The van der Waals surface area contributed by atoms with Gasteiger partial charge in [0.2, 0.25) is 5.88 Å². The van der Waals surface area contributed by atoms with Gasteiger partial charge in [-0.25, -0.2) is 18.6 Å². The van der Waals surface area contributed by atoms with Gasteiger partial charge in [0.15, 0.2) is 6.61 Å². The Morgan fingerprint density at radius 1 is 1.41 bits per heavy atom. The van der Waals surface area contributed by atoms with Gasteiger partial charge in [0.25, 0.3) is 6.43 Å². The number of carbonyl (C=O) groups is 1. The third-order valence-corrected chi connectivity index (χ3v) is 3.50. The van der Waals surface area contributed by atoms with E-state index < -0.39 is 13.0 Å². The molecule has 0 bridgehead atoms. The number of amides is 2. The molecule has 2 aromatic heterocycles. The normalized spacial score (nSPS) is 10.5. The minimum absolute atomic E-state index is 0.105. The van der Waals surface area contributed by atoms with Gasteiger partial charge in [0, 0.05) is 23.7 Å². The summed E-state index contributed by atoms with van der Waals surface area (Å²) in [6, 6.07) is 6.58. The summed E-state index contributed by atoms with van der Waals surface area (Å²) in [5.41, 5.74) is 0.705. The van der Waals surface area contributed by atoms with Crippen molar-refractivity contribution in [2.75, 3.05) is 11.9 Å². The van der Waals surface area contributed by atoms with Crippen LogP contribution in [0.1, 0.15) is 10.4 Å². The minimum Gasteiger partial charge on any atom is -0.472 e. The van der Waals surface area contributed by atoms with Crippen LogP contribution in [0.5, 0.6) is 5.88 Å². The highest BCUT2D eigenvalue weighted by Crippen LogP contribution is 2.20. The molecule has 2 N–H and O–H groups in total. The lowest BCUT2D eigenvalue weighted by atomic mass is 10.2. The van der Waals surface area contributed by atoms with Crippen LogP contribution in [0.3, 0.4) is 0 Å². The number of alkyl halides is 2. The van der Waals surface area contributed by atoms with Crippen LogP contribution in [-0.2, 0) is 6.54 Å². The van der Waals surface area contributed by atoms with Gasteiger partial charge in [0.1, 0.15) is 0 Å². The Morgan fingerprint density at radius 2 is 2.23 bits per heavy atom. The molecular weight excluding hydrogens is 312 g/mol. The number of rotatable bonds is 6. The molecule has 0 atom stereocenters. The first-order chi connectivity index (χ1) is 10.5. The van der Waals surface area contributed by atoms with E-state index in [4.69, 9.17) is 4.74 Å². The highest BCUT2D eigenvalue weighted by atomic mass is 32.1. The SMILES string of the molecule is Cc1ccc(NC(=O)NCc2ccnc(OCC(F)F)c2)s1. The van der Waals surface area contributed by atoms with Crippen LogP contribution in [0.4, 0.5) is 18.6 Å². The molecule has 22 heavy (non-hydrogen) atoms. The van der Waals surface area contributed by atoms with Gasteiger partial charge in [0.05, 0.1) is 5.00 Å². The molecule has 2 amide bonds. The zero-order chi connectivity index (χ0) is 15.9. The number of aryl methyl sites for hydroxylation is 1. The van der Waals surface area contributed by atoms with E-state index in [0.717, 1.165) is 9.88 Å². The summed E-state index contributed by atoms with van der Waals surface area (Å²) >= 11 is 1.48. The lowest BCUT2D eigenvalue weighted by Crippen LogP contribution is -2.27. The first-order valence-corrected chi connectivity index (χ1v) is 7.32. The van der Waals surface area contributed by atoms with Crippen LogP contribution in [0.15, 0.2) is 30.5 Å². The van der Waals surface area contributed by atoms with Crippen molar-refractivity contribution in [1.82, 2.24) is 10.3 Å². The molecule has 0 spiro atoms. The zero-order valence-corrected chi connectivity index (χ0v) is 12.6. The van der Waals surface area contributed by atoms with Crippen LogP contribution in [0, 0.1) is 6.92 Å². The Morgan fingerprint density at radius 3 is 2.91 bits per heavy atom. The number of ether oxygens (including phenoxy) is 1. The molecule has 0 aliphatic heterocycles. The summed E-state index contributed by atoms with van der Waals surface area (Å²) in [7, 11) is 0. The van der Waals surface area contributed by atoms with Crippen molar-refractivity contribution in [3.63, 3.8) is 0 Å².